The summed E-state index contributed by atoms with van der Waals surface area (Å²) in [4.78, 5) is 23.8. The molecule has 1 amide bonds. The summed E-state index contributed by atoms with van der Waals surface area (Å²) < 4.78 is 0. The first-order valence-electron chi connectivity index (χ1n) is 9.04. The molecule has 0 aliphatic carbocycles. The molecule has 27 heavy (non-hydrogen) atoms. The van der Waals surface area contributed by atoms with Crippen molar-refractivity contribution in [1.29, 1.82) is 0 Å². The summed E-state index contributed by atoms with van der Waals surface area (Å²) in [6.45, 7) is 8.66. The third-order valence-electron chi connectivity index (χ3n) is 4.22. The molecular formula is C22H24N4O. The molecule has 1 N–H and O–H groups in total. The molecule has 3 rings (SSSR count). The van der Waals surface area contributed by atoms with Crippen molar-refractivity contribution in [1.82, 2.24) is 9.97 Å². The number of nitrogens with one attached hydrogen (secondary N) is 1. The van der Waals surface area contributed by atoms with Crippen molar-refractivity contribution in [2.45, 2.75) is 27.7 Å². The van der Waals surface area contributed by atoms with E-state index in [9.17, 15) is 4.79 Å². The number of benzene rings is 2. The highest BCUT2D eigenvalue weighted by molar-refractivity contribution is 6.03. The van der Waals surface area contributed by atoms with Crippen molar-refractivity contribution >= 4 is 23.2 Å². The molecule has 5 nitrogen and oxygen atoms in total. The number of aryl methyl sites for hydroxylation is 3. The van der Waals surface area contributed by atoms with Crippen LogP contribution >= 0.6 is 0 Å². The number of anilines is 3. The van der Waals surface area contributed by atoms with Gasteiger partial charge in [0.25, 0.3) is 5.91 Å². The van der Waals surface area contributed by atoms with E-state index in [-0.39, 0.29) is 5.91 Å². The maximum absolute atomic E-state index is 12.7. The Labute approximate surface area is 160 Å². The SMILES string of the molecule is CCN(c1cccc(C)c1)c1nc(C)cc(C(=O)Nc2cccc(C)c2)n1. The van der Waals surface area contributed by atoms with Gasteiger partial charge < -0.3 is 10.2 Å². The van der Waals surface area contributed by atoms with Crippen LogP contribution in [0, 0.1) is 20.8 Å². The number of hydrogen-bond acceptors (Lipinski definition) is 4. The topological polar surface area (TPSA) is 58.1 Å². The molecule has 1 aromatic heterocycles. The molecule has 0 fully saturated rings. The smallest absolute Gasteiger partial charge is 0.274 e. The number of nitrogens with zero attached hydrogens (tertiary/aromatic N) is 3. The van der Waals surface area contributed by atoms with Gasteiger partial charge in [-0.15, -0.1) is 0 Å². The average molecular weight is 360 g/mol. The van der Waals surface area contributed by atoms with Crippen LogP contribution in [-0.2, 0) is 0 Å². The molecule has 0 bridgehead atoms. The number of carbonyl (C=O) groups is 1. The highest BCUT2D eigenvalue weighted by Crippen LogP contribution is 2.23. The number of hydrogen-bond donors (Lipinski definition) is 1. The molecule has 0 atom stereocenters. The van der Waals surface area contributed by atoms with Crippen LogP contribution in [0.4, 0.5) is 17.3 Å². The fraction of sp³-hybridized carbons (Fsp3) is 0.227. The van der Waals surface area contributed by atoms with Gasteiger partial charge in [0.15, 0.2) is 0 Å². The Morgan fingerprint density at radius 1 is 0.963 bits per heavy atom. The van der Waals surface area contributed by atoms with Crippen molar-refractivity contribution < 1.29 is 4.79 Å². The molecule has 0 saturated carbocycles. The van der Waals surface area contributed by atoms with Gasteiger partial charge >= 0.3 is 0 Å². The summed E-state index contributed by atoms with van der Waals surface area (Å²) in [5, 5.41) is 2.91. The second kappa shape index (κ2) is 7.99. The van der Waals surface area contributed by atoms with Crippen LogP contribution in [-0.4, -0.2) is 22.4 Å². The standard InChI is InChI=1S/C22H24N4O/c1-5-26(19-11-7-9-16(3)13-19)22-23-17(4)14-20(25-22)21(27)24-18-10-6-8-15(2)12-18/h6-14H,5H2,1-4H3,(H,24,27). The molecule has 0 spiro atoms. The van der Waals surface area contributed by atoms with Gasteiger partial charge in [0.2, 0.25) is 5.95 Å². The average Bonchev–Trinajstić information content (AvgIpc) is 2.62. The first-order valence-corrected chi connectivity index (χ1v) is 9.04. The molecule has 3 aromatic rings. The van der Waals surface area contributed by atoms with Gasteiger partial charge in [-0.1, -0.05) is 24.3 Å². The van der Waals surface area contributed by atoms with Crippen LogP contribution in [0.2, 0.25) is 0 Å². The van der Waals surface area contributed by atoms with E-state index in [1.54, 1.807) is 6.07 Å². The molecule has 0 aliphatic rings. The Morgan fingerprint density at radius 3 is 2.33 bits per heavy atom. The summed E-state index contributed by atoms with van der Waals surface area (Å²) >= 11 is 0. The molecule has 0 unspecified atom stereocenters. The third-order valence-corrected chi connectivity index (χ3v) is 4.22. The van der Waals surface area contributed by atoms with Gasteiger partial charge in [-0.3, -0.25) is 4.79 Å². The second-order valence-electron chi connectivity index (χ2n) is 6.60. The van der Waals surface area contributed by atoms with Gasteiger partial charge in [-0.25, -0.2) is 9.97 Å². The summed E-state index contributed by atoms with van der Waals surface area (Å²) in [6.07, 6.45) is 0. The van der Waals surface area contributed by atoms with Crippen LogP contribution in [0.3, 0.4) is 0 Å². The molecule has 0 saturated heterocycles. The molecule has 5 heteroatoms. The zero-order chi connectivity index (χ0) is 19.4. The molecule has 2 aromatic carbocycles. The first-order chi connectivity index (χ1) is 13.0. The third kappa shape index (κ3) is 4.50. The Kier molecular flexibility index (Phi) is 5.50. The van der Waals surface area contributed by atoms with Crippen LogP contribution in [0.15, 0.2) is 54.6 Å². The van der Waals surface area contributed by atoms with Crippen LogP contribution in [0.5, 0.6) is 0 Å². The summed E-state index contributed by atoms with van der Waals surface area (Å²) in [5.41, 5.74) is 5.11. The maximum Gasteiger partial charge on any atom is 0.274 e. The fourth-order valence-corrected chi connectivity index (χ4v) is 2.94. The summed E-state index contributed by atoms with van der Waals surface area (Å²) in [7, 11) is 0. The van der Waals surface area contributed by atoms with E-state index in [0.29, 0.717) is 18.2 Å². The van der Waals surface area contributed by atoms with E-state index < -0.39 is 0 Å². The van der Waals surface area contributed by atoms with Crippen molar-refractivity contribution in [3.8, 4) is 0 Å². The fourth-order valence-electron chi connectivity index (χ4n) is 2.94. The molecule has 1 heterocycles. The Hall–Kier alpha value is -3.21. The van der Waals surface area contributed by atoms with Crippen LogP contribution < -0.4 is 10.2 Å². The predicted octanol–water partition coefficient (Wildman–Crippen LogP) is 4.81. The van der Waals surface area contributed by atoms with Gasteiger partial charge in [0, 0.05) is 23.6 Å². The van der Waals surface area contributed by atoms with Gasteiger partial charge in [-0.05, 0) is 69.2 Å². The Morgan fingerprint density at radius 2 is 1.67 bits per heavy atom. The predicted molar refractivity (Wildman–Crippen MR) is 110 cm³/mol. The summed E-state index contributed by atoms with van der Waals surface area (Å²) in [5.74, 6) is 0.283. The van der Waals surface area contributed by atoms with Gasteiger partial charge in [0.1, 0.15) is 5.69 Å². The zero-order valence-corrected chi connectivity index (χ0v) is 16.2. The maximum atomic E-state index is 12.7. The molecule has 0 radical (unpaired) electrons. The molecule has 138 valence electrons. The number of rotatable bonds is 5. The minimum atomic E-state index is -0.243. The first kappa shape index (κ1) is 18.6. The quantitative estimate of drug-likeness (QED) is 0.709. The van der Waals surface area contributed by atoms with Crippen molar-refractivity contribution in [3.05, 3.63) is 77.1 Å². The van der Waals surface area contributed by atoms with E-state index in [2.05, 4.69) is 34.3 Å². The molecule has 0 aliphatic heterocycles. The lowest BCUT2D eigenvalue weighted by molar-refractivity contribution is 0.102. The number of carbonyl (C=O) groups excluding carboxylic acids is 1. The number of amides is 1. The van der Waals surface area contributed by atoms with E-state index in [0.717, 1.165) is 28.2 Å². The Balaban J connectivity index is 1.92. The molecular weight excluding hydrogens is 336 g/mol. The van der Waals surface area contributed by atoms with Crippen molar-refractivity contribution in [2.75, 3.05) is 16.8 Å². The van der Waals surface area contributed by atoms with E-state index >= 15 is 0 Å². The second-order valence-corrected chi connectivity index (χ2v) is 6.60. The van der Waals surface area contributed by atoms with Crippen molar-refractivity contribution in [2.24, 2.45) is 0 Å². The number of aromatic nitrogens is 2. The summed E-state index contributed by atoms with van der Waals surface area (Å²) in [6, 6.07) is 17.6. The van der Waals surface area contributed by atoms with Crippen molar-refractivity contribution in [3.63, 3.8) is 0 Å². The minimum absolute atomic E-state index is 0.243. The minimum Gasteiger partial charge on any atom is -0.321 e. The monoisotopic (exact) mass is 360 g/mol. The van der Waals surface area contributed by atoms with E-state index in [4.69, 9.17) is 0 Å². The highest BCUT2D eigenvalue weighted by atomic mass is 16.1. The largest absolute Gasteiger partial charge is 0.321 e. The highest BCUT2D eigenvalue weighted by Gasteiger charge is 2.16. The van der Waals surface area contributed by atoms with Crippen LogP contribution in [0.1, 0.15) is 34.2 Å². The lowest BCUT2D eigenvalue weighted by Crippen LogP contribution is -2.22. The van der Waals surface area contributed by atoms with Gasteiger partial charge in [0.05, 0.1) is 0 Å². The van der Waals surface area contributed by atoms with E-state index in [1.165, 1.54) is 0 Å². The Bertz CT molecular complexity index is 968. The van der Waals surface area contributed by atoms with E-state index in [1.807, 2.05) is 62.1 Å². The lowest BCUT2D eigenvalue weighted by Gasteiger charge is -2.22. The lowest BCUT2D eigenvalue weighted by atomic mass is 10.2. The zero-order valence-electron chi connectivity index (χ0n) is 16.2. The normalized spacial score (nSPS) is 10.5. The van der Waals surface area contributed by atoms with Crippen LogP contribution in [0.25, 0.3) is 0 Å². The van der Waals surface area contributed by atoms with Gasteiger partial charge in [-0.2, -0.15) is 0 Å².